The van der Waals surface area contributed by atoms with E-state index in [1.165, 1.54) is 0 Å². The molecule has 2 N–H and O–H groups in total. The summed E-state index contributed by atoms with van der Waals surface area (Å²) < 4.78 is 17.1. The highest BCUT2D eigenvalue weighted by molar-refractivity contribution is 5.38. The standard InChI is InChI=1S/C17H19NO3/c18-17-14-8-4-5-9-15(14)21-12-16(17)20-11-10-19-13-6-2-1-3-7-13/h1-9,16-17H,10-12,18H2. The van der Waals surface area contributed by atoms with Crippen molar-refractivity contribution in [2.24, 2.45) is 5.73 Å². The van der Waals surface area contributed by atoms with Crippen molar-refractivity contribution in [3.63, 3.8) is 0 Å². The van der Waals surface area contributed by atoms with Crippen LogP contribution in [-0.4, -0.2) is 25.9 Å². The van der Waals surface area contributed by atoms with Crippen molar-refractivity contribution in [2.45, 2.75) is 12.1 Å². The zero-order chi connectivity index (χ0) is 14.5. The van der Waals surface area contributed by atoms with Crippen molar-refractivity contribution in [3.05, 3.63) is 60.2 Å². The number of benzene rings is 2. The third kappa shape index (κ3) is 3.35. The lowest BCUT2D eigenvalue weighted by Crippen LogP contribution is -2.38. The van der Waals surface area contributed by atoms with Gasteiger partial charge in [-0.2, -0.15) is 0 Å². The van der Waals surface area contributed by atoms with Crippen molar-refractivity contribution in [1.29, 1.82) is 0 Å². The van der Waals surface area contributed by atoms with Gasteiger partial charge in [0.15, 0.2) is 0 Å². The van der Waals surface area contributed by atoms with Crippen molar-refractivity contribution in [1.82, 2.24) is 0 Å². The summed E-state index contributed by atoms with van der Waals surface area (Å²) in [6.07, 6.45) is -0.140. The monoisotopic (exact) mass is 285 g/mol. The quantitative estimate of drug-likeness (QED) is 0.858. The van der Waals surface area contributed by atoms with Crippen LogP contribution in [0.4, 0.5) is 0 Å². The normalized spacial score (nSPS) is 20.4. The van der Waals surface area contributed by atoms with Crippen LogP contribution in [0, 0.1) is 0 Å². The van der Waals surface area contributed by atoms with Crippen molar-refractivity contribution >= 4 is 0 Å². The summed E-state index contributed by atoms with van der Waals surface area (Å²) in [7, 11) is 0. The molecule has 2 aromatic rings. The fraction of sp³-hybridized carbons (Fsp3) is 0.294. The van der Waals surface area contributed by atoms with Crippen LogP contribution in [0.3, 0.4) is 0 Å². The Morgan fingerprint density at radius 2 is 1.76 bits per heavy atom. The predicted molar refractivity (Wildman–Crippen MR) is 80.5 cm³/mol. The molecule has 110 valence electrons. The first-order chi connectivity index (χ1) is 10.3. The van der Waals surface area contributed by atoms with Gasteiger partial charge in [0.1, 0.15) is 30.8 Å². The van der Waals surface area contributed by atoms with Crippen LogP contribution in [0.25, 0.3) is 0 Å². The fourth-order valence-electron chi connectivity index (χ4n) is 2.39. The second-order valence-corrected chi connectivity index (χ2v) is 4.95. The van der Waals surface area contributed by atoms with Crippen LogP contribution in [0.5, 0.6) is 11.5 Å². The molecule has 0 radical (unpaired) electrons. The Bertz CT molecular complexity index is 573. The Morgan fingerprint density at radius 1 is 1.00 bits per heavy atom. The van der Waals surface area contributed by atoms with Crippen LogP contribution >= 0.6 is 0 Å². The molecule has 4 heteroatoms. The van der Waals surface area contributed by atoms with E-state index in [1.54, 1.807) is 0 Å². The van der Waals surface area contributed by atoms with Gasteiger partial charge in [-0.3, -0.25) is 0 Å². The number of para-hydroxylation sites is 2. The zero-order valence-electron chi connectivity index (χ0n) is 11.8. The van der Waals surface area contributed by atoms with Gasteiger partial charge < -0.3 is 19.9 Å². The van der Waals surface area contributed by atoms with Gasteiger partial charge in [-0.25, -0.2) is 0 Å². The lowest BCUT2D eigenvalue weighted by Gasteiger charge is -2.31. The zero-order valence-corrected chi connectivity index (χ0v) is 11.8. The Labute approximate surface area is 124 Å². The third-order valence-corrected chi connectivity index (χ3v) is 3.51. The highest BCUT2D eigenvalue weighted by atomic mass is 16.6. The Kier molecular flexibility index (Phi) is 4.38. The minimum atomic E-state index is -0.160. The summed E-state index contributed by atoms with van der Waals surface area (Å²) in [4.78, 5) is 0. The van der Waals surface area contributed by atoms with Gasteiger partial charge in [-0.1, -0.05) is 36.4 Å². The number of hydrogen-bond donors (Lipinski definition) is 1. The molecule has 21 heavy (non-hydrogen) atoms. The van der Waals surface area contributed by atoms with Gasteiger partial charge in [0.2, 0.25) is 0 Å². The Hall–Kier alpha value is -2.04. The Balaban J connectivity index is 1.48. The van der Waals surface area contributed by atoms with Gasteiger partial charge >= 0.3 is 0 Å². The molecule has 1 aliphatic heterocycles. The third-order valence-electron chi connectivity index (χ3n) is 3.51. The van der Waals surface area contributed by atoms with E-state index in [1.807, 2.05) is 54.6 Å². The number of rotatable bonds is 5. The second kappa shape index (κ2) is 6.61. The number of ether oxygens (including phenoxy) is 3. The minimum absolute atomic E-state index is 0.140. The molecule has 1 heterocycles. The number of fused-ring (bicyclic) bond motifs is 1. The van der Waals surface area contributed by atoms with Gasteiger partial charge in [-0.05, 0) is 18.2 Å². The largest absolute Gasteiger partial charge is 0.491 e. The molecule has 1 aliphatic rings. The van der Waals surface area contributed by atoms with E-state index in [-0.39, 0.29) is 12.1 Å². The molecule has 0 saturated carbocycles. The molecule has 0 spiro atoms. The second-order valence-electron chi connectivity index (χ2n) is 4.95. The highest BCUT2D eigenvalue weighted by Crippen LogP contribution is 2.31. The lowest BCUT2D eigenvalue weighted by molar-refractivity contribution is -0.0175. The molecule has 0 aromatic heterocycles. The maximum Gasteiger partial charge on any atom is 0.124 e. The molecule has 2 aromatic carbocycles. The highest BCUT2D eigenvalue weighted by Gasteiger charge is 2.28. The van der Waals surface area contributed by atoms with Crippen LogP contribution < -0.4 is 15.2 Å². The van der Waals surface area contributed by atoms with E-state index in [4.69, 9.17) is 19.9 Å². The van der Waals surface area contributed by atoms with Gasteiger partial charge in [-0.15, -0.1) is 0 Å². The molecule has 0 fully saturated rings. The van der Waals surface area contributed by atoms with Crippen molar-refractivity contribution in [3.8, 4) is 11.5 Å². The van der Waals surface area contributed by atoms with E-state index < -0.39 is 0 Å². The smallest absolute Gasteiger partial charge is 0.124 e. The molecule has 0 bridgehead atoms. The summed E-state index contributed by atoms with van der Waals surface area (Å²) in [6.45, 7) is 1.46. The Morgan fingerprint density at radius 3 is 2.62 bits per heavy atom. The van der Waals surface area contributed by atoms with E-state index >= 15 is 0 Å². The van der Waals surface area contributed by atoms with Gasteiger partial charge in [0, 0.05) is 5.56 Å². The molecule has 3 rings (SSSR count). The molecule has 0 saturated heterocycles. The predicted octanol–water partition coefficient (Wildman–Crippen LogP) is 2.54. The fourth-order valence-corrected chi connectivity index (χ4v) is 2.39. The maximum atomic E-state index is 6.24. The van der Waals surface area contributed by atoms with E-state index in [0.717, 1.165) is 17.1 Å². The summed E-state index contributed by atoms with van der Waals surface area (Å²) in [5.74, 6) is 1.70. The van der Waals surface area contributed by atoms with Crippen LogP contribution in [0.2, 0.25) is 0 Å². The van der Waals surface area contributed by atoms with Crippen LogP contribution in [0.15, 0.2) is 54.6 Å². The molecule has 2 unspecified atom stereocenters. The molecular weight excluding hydrogens is 266 g/mol. The number of nitrogens with two attached hydrogens (primary N) is 1. The maximum absolute atomic E-state index is 6.24. The average molecular weight is 285 g/mol. The first-order valence-electron chi connectivity index (χ1n) is 7.11. The first-order valence-corrected chi connectivity index (χ1v) is 7.11. The van der Waals surface area contributed by atoms with E-state index in [9.17, 15) is 0 Å². The molecule has 2 atom stereocenters. The van der Waals surface area contributed by atoms with Crippen molar-refractivity contribution < 1.29 is 14.2 Å². The molecule has 0 amide bonds. The van der Waals surface area contributed by atoms with Crippen LogP contribution in [0.1, 0.15) is 11.6 Å². The topological polar surface area (TPSA) is 53.7 Å². The SMILES string of the molecule is NC1c2ccccc2OCC1OCCOc1ccccc1. The van der Waals surface area contributed by atoms with Crippen molar-refractivity contribution in [2.75, 3.05) is 19.8 Å². The molecule has 0 aliphatic carbocycles. The van der Waals surface area contributed by atoms with E-state index in [2.05, 4.69) is 0 Å². The summed E-state index contributed by atoms with van der Waals surface area (Å²) >= 11 is 0. The van der Waals surface area contributed by atoms with E-state index in [0.29, 0.717) is 19.8 Å². The lowest BCUT2D eigenvalue weighted by atomic mass is 9.99. The summed E-state index contributed by atoms with van der Waals surface area (Å²) in [5.41, 5.74) is 7.24. The summed E-state index contributed by atoms with van der Waals surface area (Å²) in [6, 6.07) is 17.3. The molecular formula is C17H19NO3. The van der Waals surface area contributed by atoms with Crippen LogP contribution in [-0.2, 0) is 4.74 Å². The van der Waals surface area contributed by atoms with Gasteiger partial charge in [0.25, 0.3) is 0 Å². The molecule has 4 nitrogen and oxygen atoms in total. The first kappa shape index (κ1) is 13.9. The number of hydrogen-bond acceptors (Lipinski definition) is 4. The minimum Gasteiger partial charge on any atom is -0.491 e. The average Bonchev–Trinajstić information content (AvgIpc) is 2.55. The van der Waals surface area contributed by atoms with Gasteiger partial charge in [0.05, 0.1) is 12.6 Å². The summed E-state index contributed by atoms with van der Waals surface area (Å²) in [5, 5.41) is 0.